The number of nitrogens with zero attached hydrogens (tertiary/aromatic N) is 4. The number of ether oxygens (including phenoxy) is 1. The molecule has 1 aliphatic heterocycles. The molecule has 0 aromatic carbocycles. The Kier molecular flexibility index (Phi) is 12.6. The number of hydrogen-bond acceptors (Lipinski definition) is 6. The van der Waals surface area contributed by atoms with Gasteiger partial charge < -0.3 is 20.3 Å². The van der Waals surface area contributed by atoms with Crippen LogP contribution in [-0.2, 0) is 22.4 Å². The van der Waals surface area contributed by atoms with Crippen molar-refractivity contribution in [3.63, 3.8) is 0 Å². The molecule has 1 aromatic rings. The molecule has 160 valence electrons. The topological polar surface area (TPSA) is 82.1 Å². The van der Waals surface area contributed by atoms with Crippen molar-refractivity contribution in [2.45, 2.75) is 19.8 Å². The Hall–Kier alpha value is -0.980. The minimum absolute atomic E-state index is 0. The van der Waals surface area contributed by atoms with Gasteiger partial charge in [-0.3, -0.25) is 14.7 Å². The van der Waals surface area contributed by atoms with Crippen LogP contribution in [-0.4, -0.2) is 93.2 Å². The summed E-state index contributed by atoms with van der Waals surface area (Å²) in [7, 11) is 3.45. The fourth-order valence-electron chi connectivity index (χ4n) is 2.91. The van der Waals surface area contributed by atoms with E-state index in [1.165, 1.54) is 9.88 Å². The molecule has 1 aromatic heterocycles. The molecule has 0 spiro atoms. The molecule has 1 saturated heterocycles. The van der Waals surface area contributed by atoms with Crippen LogP contribution in [0.15, 0.2) is 11.2 Å². The molecule has 0 aliphatic carbocycles. The van der Waals surface area contributed by atoms with Crippen molar-refractivity contribution in [2.24, 2.45) is 4.99 Å². The number of amides is 1. The SMILES string of the molecule is CCc1cnc(CCNC(=NC)N2CCN(CC(=O)NCCOC)CC2)s1.I. The number of aliphatic imine (C=N–C) groups is 1. The van der Waals surface area contributed by atoms with E-state index in [0.717, 1.165) is 51.5 Å². The fourth-order valence-corrected chi connectivity index (χ4v) is 3.77. The summed E-state index contributed by atoms with van der Waals surface area (Å²) in [5.74, 6) is 0.976. The largest absolute Gasteiger partial charge is 0.383 e. The first-order chi connectivity index (χ1) is 13.2. The molecule has 0 saturated carbocycles. The van der Waals surface area contributed by atoms with Crippen LogP contribution in [0.2, 0.25) is 0 Å². The van der Waals surface area contributed by atoms with Gasteiger partial charge in [0.05, 0.1) is 18.2 Å². The lowest BCUT2D eigenvalue weighted by Crippen LogP contribution is -2.54. The summed E-state index contributed by atoms with van der Waals surface area (Å²) < 4.78 is 4.94. The normalized spacial score (nSPS) is 15.2. The highest BCUT2D eigenvalue weighted by Gasteiger charge is 2.21. The summed E-state index contributed by atoms with van der Waals surface area (Å²) in [6.07, 6.45) is 3.92. The van der Waals surface area contributed by atoms with Crippen molar-refractivity contribution in [3.8, 4) is 0 Å². The second-order valence-corrected chi connectivity index (χ2v) is 7.60. The summed E-state index contributed by atoms with van der Waals surface area (Å²) in [6, 6.07) is 0. The maximum Gasteiger partial charge on any atom is 0.234 e. The predicted octanol–water partition coefficient (Wildman–Crippen LogP) is 0.822. The summed E-state index contributed by atoms with van der Waals surface area (Å²) in [5.41, 5.74) is 0. The molecule has 2 N–H and O–H groups in total. The Labute approximate surface area is 189 Å². The van der Waals surface area contributed by atoms with Crippen LogP contribution in [0.5, 0.6) is 0 Å². The van der Waals surface area contributed by atoms with Gasteiger partial charge >= 0.3 is 0 Å². The van der Waals surface area contributed by atoms with Crippen LogP contribution in [0, 0.1) is 0 Å². The zero-order valence-corrected chi connectivity index (χ0v) is 20.2. The van der Waals surface area contributed by atoms with Gasteiger partial charge in [-0.15, -0.1) is 35.3 Å². The summed E-state index contributed by atoms with van der Waals surface area (Å²) in [5, 5.41) is 7.47. The van der Waals surface area contributed by atoms with Gasteiger partial charge in [-0.25, -0.2) is 4.98 Å². The standard InChI is InChI=1S/C18H32N6O2S.HI/c1-4-15-13-22-17(27-15)5-6-21-18(19-2)24-10-8-23(9-11-24)14-16(25)20-7-12-26-3;/h13H,4-12,14H2,1-3H3,(H,19,21)(H,20,25);1H. The molecule has 8 nitrogen and oxygen atoms in total. The molecule has 1 amide bonds. The van der Waals surface area contributed by atoms with E-state index in [4.69, 9.17) is 4.74 Å². The van der Waals surface area contributed by atoms with Crippen molar-refractivity contribution in [1.29, 1.82) is 0 Å². The van der Waals surface area contributed by atoms with Gasteiger partial charge in [0, 0.05) is 70.9 Å². The minimum Gasteiger partial charge on any atom is -0.383 e. The van der Waals surface area contributed by atoms with E-state index in [1.54, 1.807) is 18.4 Å². The van der Waals surface area contributed by atoms with E-state index < -0.39 is 0 Å². The Morgan fingerprint density at radius 1 is 1.29 bits per heavy atom. The number of piperazine rings is 1. The van der Waals surface area contributed by atoms with Crippen LogP contribution < -0.4 is 10.6 Å². The highest BCUT2D eigenvalue weighted by Crippen LogP contribution is 2.13. The van der Waals surface area contributed by atoms with Crippen molar-refractivity contribution in [3.05, 3.63) is 16.1 Å². The summed E-state index contributed by atoms with van der Waals surface area (Å²) in [6.45, 7) is 7.95. The van der Waals surface area contributed by atoms with Crippen LogP contribution >= 0.6 is 35.3 Å². The number of rotatable bonds is 9. The van der Waals surface area contributed by atoms with Gasteiger partial charge in [0.1, 0.15) is 0 Å². The molecular weight excluding hydrogens is 491 g/mol. The zero-order valence-electron chi connectivity index (χ0n) is 17.1. The molecule has 28 heavy (non-hydrogen) atoms. The Bertz CT molecular complexity index is 605. The van der Waals surface area contributed by atoms with Gasteiger partial charge in [-0.05, 0) is 6.42 Å². The number of methoxy groups -OCH3 is 1. The molecule has 0 atom stereocenters. The smallest absolute Gasteiger partial charge is 0.234 e. The van der Waals surface area contributed by atoms with E-state index in [1.807, 2.05) is 13.2 Å². The number of carbonyl (C=O) groups is 1. The van der Waals surface area contributed by atoms with E-state index in [-0.39, 0.29) is 29.9 Å². The molecule has 1 fully saturated rings. The zero-order chi connectivity index (χ0) is 19.5. The minimum atomic E-state index is 0. The van der Waals surface area contributed by atoms with Crippen molar-refractivity contribution < 1.29 is 9.53 Å². The first-order valence-electron chi connectivity index (χ1n) is 9.53. The molecule has 10 heteroatoms. The molecular formula is C18H33IN6O2S. The van der Waals surface area contributed by atoms with Gasteiger partial charge in [0.25, 0.3) is 0 Å². The average molecular weight is 524 g/mol. The molecule has 1 aliphatic rings. The maximum absolute atomic E-state index is 11.9. The average Bonchev–Trinajstić information content (AvgIpc) is 3.14. The monoisotopic (exact) mass is 524 g/mol. The Balaban J connectivity index is 0.00000392. The van der Waals surface area contributed by atoms with E-state index in [0.29, 0.717) is 19.7 Å². The lowest BCUT2D eigenvalue weighted by atomic mass is 10.3. The fraction of sp³-hybridized carbons (Fsp3) is 0.722. The first kappa shape index (κ1) is 25.1. The number of thiazole rings is 1. The first-order valence-corrected chi connectivity index (χ1v) is 10.3. The van der Waals surface area contributed by atoms with Crippen LogP contribution in [0.1, 0.15) is 16.8 Å². The second kappa shape index (κ2) is 14.1. The summed E-state index contributed by atoms with van der Waals surface area (Å²) >= 11 is 1.78. The number of carbonyl (C=O) groups excluding carboxylic acids is 1. The lowest BCUT2D eigenvalue weighted by molar-refractivity contribution is -0.122. The van der Waals surface area contributed by atoms with Gasteiger partial charge in [0.2, 0.25) is 5.91 Å². The van der Waals surface area contributed by atoms with E-state index in [2.05, 4.69) is 37.3 Å². The van der Waals surface area contributed by atoms with Crippen LogP contribution in [0.25, 0.3) is 0 Å². The molecule has 2 rings (SSSR count). The third-order valence-corrected chi connectivity index (χ3v) is 5.65. The lowest BCUT2D eigenvalue weighted by Gasteiger charge is -2.36. The van der Waals surface area contributed by atoms with Gasteiger partial charge in [-0.2, -0.15) is 0 Å². The third kappa shape index (κ3) is 8.58. The van der Waals surface area contributed by atoms with Crippen molar-refractivity contribution in [2.75, 3.05) is 66.6 Å². The van der Waals surface area contributed by atoms with E-state index in [9.17, 15) is 4.79 Å². The number of aromatic nitrogens is 1. The highest BCUT2D eigenvalue weighted by atomic mass is 127. The van der Waals surface area contributed by atoms with Crippen LogP contribution in [0.4, 0.5) is 0 Å². The number of nitrogens with one attached hydrogen (secondary N) is 2. The number of aryl methyl sites for hydroxylation is 1. The molecule has 0 radical (unpaired) electrons. The van der Waals surface area contributed by atoms with Gasteiger partial charge in [-0.1, -0.05) is 6.92 Å². The molecule has 2 heterocycles. The van der Waals surface area contributed by atoms with Gasteiger partial charge in [0.15, 0.2) is 5.96 Å². The Morgan fingerprint density at radius 2 is 2.04 bits per heavy atom. The Morgan fingerprint density at radius 3 is 2.64 bits per heavy atom. The third-order valence-electron chi connectivity index (χ3n) is 4.45. The quantitative estimate of drug-likeness (QED) is 0.216. The van der Waals surface area contributed by atoms with E-state index >= 15 is 0 Å². The number of halogens is 1. The van der Waals surface area contributed by atoms with Crippen molar-refractivity contribution >= 4 is 47.2 Å². The highest BCUT2D eigenvalue weighted by molar-refractivity contribution is 14.0. The maximum atomic E-state index is 11.9. The number of hydrogen-bond donors (Lipinski definition) is 2. The second-order valence-electron chi connectivity index (χ2n) is 6.40. The predicted molar refractivity (Wildman–Crippen MR) is 125 cm³/mol. The summed E-state index contributed by atoms with van der Waals surface area (Å²) in [4.78, 5) is 26.5. The van der Waals surface area contributed by atoms with Crippen molar-refractivity contribution in [1.82, 2.24) is 25.4 Å². The van der Waals surface area contributed by atoms with Crippen LogP contribution in [0.3, 0.4) is 0 Å². The molecule has 0 unspecified atom stereocenters. The number of guanidine groups is 1. The molecule has 0 bridgehead atoms.